The second kappa shape index (κ2) is 2.56. The van der Waals surface area contributed by atoms with Crippen LogP contribution >= 0.6 is 0 Å². The number of aliphatic hydroxyl groups excluding tert-OH is 1. The number of hydrogen-bond acceptors (Lipinski definition) is 3. The van der Waals surface area contributed by atoms with E-state index in [-0.39, 0.29) is 11.9 Å². The first-order chi connectivity index (χ1) is 4.61. The van der Waals surface area contributed by atoms with Crippen LogP contribution in [0.5, 0.6) is 0 Å². The Morgan fingerprint density at radius 1 is 1.80 bits per heavy atom. The fraction of sp³-hybridized carbons (Fsp3) is 0.833. The quantitative estimate of drug-likeness (QED) is 0.472. The topological polar surface area (TPSA) is 66.6 Å². The number of hydrogen-bond donors (Lipinski definition) is 2. The molecule has 0 aromatic rings. The molecule has 1 heterocycles. The van der Waals surface area contributed by atoms with E-state index in [0.717, 1.165) is 0 Å². The molecule has 1 amide bonds. The van der Waals surface area contributed by atoms with Crippen molar-refractivity contribution in [2.24, 2.45) is 5.73 Å². The van der Waals surface area contributed by atoms with E-state index in [9.17, 15) is 4.79 Å². The van der Waals surface area contributed by atoms with Crippen molar-refractivity contribution in [1.29, 1.82) is 0 Å². The summed E-state index contributed by atoms with van der Waals surface area (Å²) in [5.74, 6) is -0.221. The molecular weight excluding hydrogens is 132 g/mol. The van der Waals surface area contributed by atoms with Gasteiger partial charge in [-0.2, -0.15) is 0 Å². The highest BCUT2D eigenvalue weighted by molar-refractivity contribution is 5.81. The van der Waals surface area contributed by atoms with Gasteiger partial charge < -0.3 is 15.7 Å². The van der Waals surface area contributed by atoms with Crippen LogP contribution in [0.1, 0.15) is 6.92 Å². The minimum atomic E-state index is -0.882. The minimum absolute atomic E-state index is 0.114. The zero-order valence-electron chi connectivity index (χ0n) is 5.95. The number of amides is 1. The van der Waals surface area contributed by atoms with Crippen molar-refractivity contribution in [2.75, 3.05) is 13.1 Å². The van der Waals surface area contributed by atoms with Crippen LogP contribution in [0.25, 0.3) is 0 Å². The van der Waals surface area contributed by atoms with Gasteiger partial charge in [0.15, 0.2) is 0 Å². The monoisotopic (exact) mass is 144 g/mol. The van der Waals surface area contributed by atoms with E-state index in [1.165, 1.54) is 6.92 Å². The highest BCUT2D eigenvalue weighted by atomic mass is 16.3. The van der Waals surface area contributed by atoms with Gasteiger partial charge in [0.2, 0.25) is 0 Å². The lowest BCUT2D eigenvalue weighted by molar-refractivity contribution is -0.143. The van der Waals surface area contributed by atoms with E-state index >= 15 is 0 Å². The van der Waals surface area contributed by atoms with Crippen molar-refractivity contribution in [3.63, 3.8) is 0 Å². The van der Waals surface area contributed by atoms with Gasteiger partial charge in [-0.25, -0.2) is 0 Å². The van der Waals surface area contributed by atoms with Crippen molar-refractivity contribution in [3.05, 3.63) is 0 Å². The molecule has 0 aromatic carbocycles. The summed E-state index contributed by atoms with van der Waals surface area (Å²) in [6.07, 6.45) is -0.882. The van der Waals surface area contributed by atoms with Crippen LogP contribution in [0.2, 0.25) is 0 Å². The van der Waals surface area contributed by atoms with Gasteiger partial charge in [0, 0.05) is 19.1 Å². The molecule has 1 aliphatic rings. The average molecular weight is 144 g/mol. The van der Waals surface area contributed by atoms with Gasteiger partial charge in [0.25, 0.3) is 5.91 Å². The first-order valence-electron chi connectivity index (χ1n) is 3.33. The van der Waals surface area contributed by atoms with Crippen LogP contribution < -0.4 is 5.73 Å². The van der Waals surface area contributed by atoms with Gasteiger partial charge in [-0.1, -0.05) is 0 Å². The highest BCUT2D eigenvalue weighted by Crippen LogP contribution is 2.06. The fourth-order valence-electron chi connectivity index (χ4n) is 0.957. The Morgan fingerprint density at radius 3 is 2.60 bits per heavy atom. The van der Waals surface area contributed by atoms with Crippen molar-refractivity contribution in [1.82, 2.24) is 4.90 Å². The summed E-state index contributed by atoms with van der Waals surface area (Å²) in [7, 11) is 0. The molecule has 0 aromatic heterocycles. The summed E-state index contributed by atoms with van der Waals surface area (Å²) in [4.78, 5) is 12.4. The third kappa shape index (κ3) is 1.27. The lowest BCUT2D eigenvalue weighted by Gasteiger charge is -2.37. The van der Waals surface area contributed by atoms with Gasteiger partial charge in [-0.3, -0.25) is 4.79 Å². The predicted octanol–water partition coefficient (Wildman–Crippen LogP) is -1.46. The zero-order chi connectivity index (χ0) is 7.72. The van der Waals surface area contributed by atoms with E-state index in [1.54, 1.807) is 4.90 Å². The van der Waals surface area contributed by atoms with Crippen LogP contribution in [0.3, 0.4) is 0 Å². The summed E-state index contributed by atoms with van der Waals surface area (Å²) < 4.78 is 0. The van der Waals surface area contributed by atoms with Crippen molar-refractivity contribution >= 4 is 5.91 Å². The minimum Gasteiger partial charge on any atom is -0.384 e. The van der Waals surface area contributed by atoms with Crippen molar-refractivity contribution in [3.8, 4) is 0 Å². The van der Waals surface area contributed by atoms with Crippen LogP contribution in [0.4, 0.5) is 0 Å². The molecule has 4 nitrogen and oxygen atoms in total. The second-order valence-corrected chi connectivity index (χ2v) is 2.68. The fourth-order valence-corrected chi connectivity index (χ4v) is 0.957. The Balaban J connectivity index is 2.31. The molecular formula is C6H12N2O2. The zero-order valence-corrected chi connectivity index (χ0v) is 5.95. The highest BCUT2D eigenvalue weighted by Gasteiger charge is 2.29. The van der Waals surface area contributed by atoms with Crippen molar-refractivity contribution in [2.45, 2.75) is 19.1 Å². The average Bonchev–Trinajstić information content (AvgIpc) is 1.79. The maximum Gasteiger partial charge on any atom is 0.251 e. The van der Waals surface area contributed by atoms with Gasteiger partial charge in [0.1, 0.15) is 6.10 Å². The number of rotatable bonds is 1. The van der Waals surface area contributed by atoms with Crippen LogP contribution in [0.15, 0.2) is 0 Å². The molecule has 3 N–H and O–H groups in total. The molecule has 0 unspecified atom stereocenters. The number of carbonyl (C=O) groups excluding carboxylic acids is 1. The molecule has 10 heavy (non-hydrogen) atoms. The number of carbonyl (C=O) groups is 1. The molecule has 1 aliphatic heterocycles. The van der Waals surface area contributed by atoms with Crippen LogP contribution in [-0.2, 0) is 4.79 Å². The second-order valence-electron chi connectivity index (χ2n) is 2.68. The Hall–Kier alpha value is -0.610. The predicted molar refractivity (Wildman–Crippen MR) is 36.2 cm³/mol. The van der Waals surface area contributed by atoms with E-state index in [4.69, 9.17) is 10.8 Å². The summed E-state index contributed by atoms with van der Waals surface area (Å²) in [5, 5.41) is 8.81. The van der Waals surface area contributed by atoms with Gasteiger partial charge in [-0.15, -0.1) is 0 Å². The Bertz CT molecular complexity index is 141. The van der Waals surface area contributed by atoms with E-state index in [0.29, 0.717) is 13.1 Å². The molecule has 1 fully saturated rings. The molecule has 0 spiro atoms. The molecule has 0 radical (unpaired) electrons. The summed E-state index contributed by atoms with van der Waals surface area (Å²) in [6.45, 7) is 2.64. The molecule has 58 valence electrons. The third-order valence-corrected chi connectivity index (χ3v) is 1.58. The number of nitrogens with zero attached hydrogens (tertiary/aromatic N) is 1. The van der Waals surface area contributed by atoms with Crippen LogP contribution in [0, 0.1) is 0 Å². The maximum absolute atomic E-state index is 10.9. The van der Waals surface area contributed by atoms with Gasteiger partial charge in [0.05, 0.1) is 0 Å². The molecule has 1 saturated heterocycles. The molecule has 0 aliphatic carbocycles. The number of nitrogens with two attached hydrogens (primary N) is 1. The smallest absolute Gasteiger partial charge is 0.251 e. The van der Waals surface area contributed by atoms with E-state index in [1.807, 2.05) is 0 Å². The SMILES string of the molecule is C[C@H](O)C(=O)N1CC(N)C1. The summed E-state index contributed by atoms with van der Waals surface area (Å²) in [6, 6.07) is 0.114. The van der Waals surface area contributed by atoms with Gasteiger partial charge >= 0.3 is 0 Å². The van der Waals surface area contributed by atoms with E-state index < -0.39 is 6.10 Å². The third-order valence-electron chi connectivity index (χ3n) is 1.58. The number of likely N-dealkylation sites (tertiary alicyclic amines) is 1. The van der Waals surface area contributed by atoms with Crippen molar-refractivity contribution < 1.29 is 9.90 Å². The van der Waals surface area contributed by atoms with E-state index in [2.05, 4.69) is 0 Å². The lowest BCUT2D eigenvalue weighted by atomic mass is 10.1. The number of aliphatic hydroxyl groups is 1. The normalized spacial score (nSPS) is 22.1. The lowest BCUT2D eigenvalue weighted by Crippen LogP contribution is -2.59. The van der Waals surface area contributed by atoms with Gasteiger partial charge in [-0.05, 0) is 6.92 Å². The molecule has 0 bridgehead atoms. The van der Waals surface area contributed by atoms with Crippen LogP contribution in [-0.4, -0.2) is 41.1 Å². The Morgan fingerprint density at radius 2 is 2.30 bits per heavy atom. The summed E-state index contributed by atoms with van der Waals surface area (Å²) >= 11 is 0. The first-order valence-corrected chi connectivity index (χ1v) is 3.33. The Kier molecular flexibility index (Phi) is 1.92. The largest absolute Gasteiger partial charge is 0.384 e. The maximum atomic E-state index is 10.9. The summed E-state index contributed by atoms with van der Waals surface area (Å²) in [5.41, 5.74) is 5.43. The molecule has 0 saturated carbocycles. The molecule has 4 heteroatoms. The first kappa shape index (κ1) is 7.50. The Labute approximate surface area is 59.6 Å². The molecule has 1 rings (SSSR count). The molecule has 1 atom stereocenters. The standard InChI is InChI=1S/C6H12N2O2/c1-4(9)6(10)8-2-5(7)3-8/h4-5,9H,2-3,7H2,1H3/t4-/m0/s1.